The molecular weight excluding hydrogens is 305 g/mol. The number of benzene rings is 1. The molecule has 1 saturated heterocycles. The molecule has 2 rings (SSSR count). The minimum atomic E-state index is -3.76. The first-order valence-electron chi connectivity index (χ1n) is 6.35. The lowest BCUT2D eigenvalue weighted by atomic mass is 9.99. The Morgan fingerprint density at radius 2 is 2.05 bits per heavy atom. The second-order valence-electron chi connectivity index (χ2n) is 4.81. The van der Waals surface area contributed by atoms with E-state index in [0.29, 0.717) is 25.6 Å². The molecule has 1 heterocycles. The van der Waals surface area contributed by atoms with E-state index in [4.69, 9.17) is 17.3 Å². The Morgan fingerprint density at radius 3 is 2.65 bits per heavy atom. The average Bonchev–Trinajstić information content (AvgIpc) is 2.43. The van der Waals surface area contributed by atoms with Crippen molar-refractivity contribution in [1.29, 1.82) is 0 Å². The monoisotopic (exact) mass is 321 g/mol. The first kappa shape index (κ1) is 15.5. The normalized spacial score (nSPS) is 18.1. The summed E-state index contributed by atoms with van der Waals surface area (Å²) in [5.74, 6) is -0.306. The minimum Gasteiger partial charge on any atom is -0.330 e. The summed E-state index contributed by atoms with van der Waals surface area (Å²) < 4.78 is 41.5. The third-order valence-electron chi connectivity index (χ3n) is 3.41. The van der Waals surface area contributed by atoms with Crippen LogP contribution in [0.25, 0.3) is 0 Å². The van der Waals surface area contributed by atoms with Crippen LogP contribution in [0.3, 0.4) is 0 Å². The lowest BCUT2D eigenvalue weighted by Crippen LogP contribution is -2.42. The van der Waals surface area contributed by atoms with Crippen molar-refractivity contribution < 1.29 is 12.8 Å². The fraction of sp³-hybridized carbons (Fsp3) is 0.500. The zero-order valence-electron chi connectivity index (χ0n) is 10.9. The molecule has 0 radical (unpaired) electrons. The molecule has 0 unspecified atom stereocenters. The van der Waals surface area contributed by atoms with Crippen molar-refractivity contribution in [2.75, 3.05) is 24.4 Å². The molecule has 0 atom stereocenters. The molecule has 0 spiro atoms. The predicted molar refractivity (Wildman–Crippen MR) is 77.3 cm³/mol. The minimum absolute atomic E-state index is 0.140. The van der Waals surface area contributed by atoms with Crippen molar-refractivity contribution in [1.82, 2.24) is 4.31 Å². The van der Waals surface area contributed by atoms with Crippen molar-refractivity contribution in [3.8, 4) is 0 Å². The highest BCUT2D eigenvalue weighted by Crippen LogP contribution is 2.23. The number of nitrogens with one attached hydrogen (secondary N) is 1. The quantitative estimate of drug-likeness (QED) is 0.888. The van der Waals surface area contributed by atoms with Crippen LogP contribution in [-0.4, -0.2) is 32.4 Å². The van der Waals surface area contributed by atoms with Gasteiger partial charge in [0.05, 0.1) is 5.69 Å². The lowest BCUT2D eigenvalue weighted by Gasteiger charge is -2.30. The van der Waals surface area contributed by atoms with Gasteiger partial charge in [0.15, 0.2) is 0 Å². The van der Waals surface area contributed by atoms with E-state index in [1.807, 2.05) is 0 Å². The summed E-state index contributed by atoms with van der Waals surface area (Å²) in [5, 5.41) is 0.269. The van der Waals surface area contributed by atoms with Gasteiger partial charge in [-0.1, -0.05) is 11.6 Å². The summed E-state index contributed by atoms with van der Waals surface area (Å²) in [5.41, 5.74) is 5.43. The molecule has 0 saturated carbocycles. The van der Waals surface area contributed by atoms with Crippen LogP contribution < -0.4 is 10.5 Å². The van der Waals surface area contributed by atoms with E-state index in [2.05, 4.69) is 4.72 Å². The topological polar surface area (TPSA) is 75.4 Å². The van der Waals surface area contributed by atoms with Crippen LogP contribution in [0.4, 0.5) is 10.1 Å². The molecule has 0 amide bonds. The second-order valence-corrected chi connectivity index (χ2v) is 6.92. The van der Waals surface area contributed by atoms with Crippen LogP contribution in [0, 0.1) is 11.7 Å². The molecule has 5 nitrogen and oxygen atoms in total. The van der Waals surface area contributed by atoms with Gasteiger partial charge in [0.2, 0.25) is 0 Å². The Morgan fingerprint density at radius 1 is 1.40 bits per heavy atom. The molecule has 0 bridgehead atoms. The molecule has 112 valence electrons. The van der Waals surface area contributed by atoms with E-state index in [1.54, 1.807) is 0 Å². The summed E-state index contributed by atoms with van der Waals surface area (Å²) in [6.45, 7) is 1.34. The van der Waals surface area contributed by atoms with E-state index in [-0.39, 0.29) is 10.7 Å². The fourth-order valence-electron chi connectivity index (χ4n) is 2.16. The van der Waals surface area contributed by atoms with Gasteiger partial charge in [0, 0.05) is 18.1 Å². The van der Waals surface area contributed by atoms with Crippen molar-refractivity contribution in [2.45, 2.75) is 12.8 Å². The molecule has 0 aromatic heterocycles. The zero-order chi connectivity index (χ0) is 14.8. The summed E-state index contributed by atoms with van der Waals surface area (Å²) in [6, 6.07) is 3.74. The van der Waals surface area contributed by atoms with Crippen molar-refractivity contribution in [2.24, 2.45) is 11.7 Å². The van der Waals surface area contributed by atoms with E-state index in [0.717, 1.165) is 18.9 Å². The Hall–Kier alpha value is -0.890. The van der Waals surface area contributed by atoms with Crippen molar-refractivity contribution in [3.05, 3.63) is 29.0 Å². The molecule has 1 aromatic rings. The van der Waals surface area contributed by atoms with Crippen LogP contribution in [0.2, 0.25) is 5.02 Å². The largest absolute Gasteiger partial charge is 0.330 e. The molecule has 1 fully saturated rings. The number of nitrogens with two attached hydrogens (primary N) is 1. The molecule has 1 aromatic carbocycles. The number of hydrogen-bond acceptors (Lipinski definition) is 3. The number of nitrogens with zero attached hydrogens (tertiary/aromatic N) is 1. The highest BCUT2D eigenvalue weighted by molar-refractivity contribution is 7.90. The molecule has 8 heteroatoms. The summed E-state index contributed by atoms with van der Waals surface area (Å²) in [6.07, 6.45) is 1.44. The number of rotatable bonds is 4. The SMILES string of the molecule is NCC1CCN(S(=O)(=O)Nc2cc(Cl)ccc2F)CC1. The third-order valence-corrected chi connectivity index (χ3v) is 5.17. The number of piperidine rings is 1. The number of hydrogen-bond donors (Lipinski definition) is 2. The first-order chi connectivity index (χ1) is 9.42. The van der Waals surface area contributed by atoms with E-state index >= 15 is 0 Å². The van der Waals surface area contributed by atoms with E-state index < -0.39 is 16.0 Å². The Labute approximate surface area is 123 Å². The van der Waals surface area contributed by atoms with Crippen molar-refractivity contribution >= 4 is 27.5 Å². The van der Waals surface area contributed by atoms with Gasteiger partial charge >= 0.3 is 10.2 Å². The van der Waals surface area contributed by atoms with Crippen LogP contribution in [-0.2, 0) is 10.2 Å². The lowest BCUT2D eigenvalue weighted by molar-refractivity contribution is 0.280. The van der Waals surface area contributed by atoms with E-state index in [1.165, 1.54) is 16.4 Å². The van der Waals surface area contributed by atoms with E-state index in [9.17, 15) is 12.8 Å². The number of halogens is 2. The Kier molecular flexibility index (Phi) is 4.85. The smallest absolute Gasteiger partial charge is 0.301 e. The molecular formula is C12H17ClFN3O2S. The standard InChI is InChI=1S/C12H17ClFN3O2S/c13-10-1-2-11(14)12(7-10)16-20(18,19)17-5-3-9(8-15)4-6-17/h1-2,7,9,16H,3-6,8,15H2. The van der Waals surface area contributed by atoms with Crippen LogP contribution >= 0.6 is 11.6 Å². The highest BCUT2D eigenvalue weighted by Gasteiger charge is 2.28. The second kappa shape index (κ2) is 6.26. The zero-order valence-corrected chi connectivity index (χ0v) is 12.4. The van der Waals surface area contributed by atoms with Gasteiger partial charge in [-0.25, -0.2) is 4.39 Å². The average molecular weight is 322 g/mol. The first-order valence-corrected chi connectivity index (χ1v) is 8.17. The van der Waals surface area contributed by atoms with Gasteiger partial charge in [-0.3, -0.25) is 4.72 Å². The fourth-order valence-corrected chi connectivity index (χ4v) is 3.59. The third kappa shape index (κ3) is 3.60. The maximum Gasteiger partial charge on any atom is 0.301 e. The molecule has 0 aliphatic carbocycles. The highest BCUT2D eigenvalue weighted by atomic mass is 35.5. The number of anilines is 1. The van der Waals surface area contributed by atoms with Gasteiger partial charge in [-0.15, -0.1) is 0 Å². The summed E-state index contributed by atoms with van der Waals surface area (Å²) >= 11 is 5.74. The summed E-state index contributed by atoms with van der Waals surface area (Å²) in [4.78, 5) is 0. The molecule has 1 aliphatic heterocycles. The molecule has 20 heavy (non-hydrogen) atoms. The van der Waals surface area contributed by atoms with Gasteiger partial charge in [-0.05, 0) is 43.5 Å². The van der Waals surface area contributed by atoms with Gasteiger partial charge in [-0.2, -0.15) is 12.7 Å². The van der Waals surface area contributed by atoms with Gasteiger partial charge in [0.25, 0.3) is 0 Å². The Bertz CT molecular complexity index is 574. The van der Waals surface area contributed by atoms with Crippen LogP contribution in [0.1, 0.15) is 12.8 Å². The molecule has 3 N–H and O–H groups in total. The van der Waals surface area contributed by atoms with Crippen molar-refractivity contribution in [3.63, 3.8) is 0 Å². The maximum absolute atomic E-state index is 13.6. The molecule has 1 aliphatic rings. The maximum atomic E-state index is 13.6. The van der Waals surface area contributed by atoms with Crippen LogP contribution in [0.15, 0.2) is 18.2 Å². The summed E-state index contributed by atoms with van der Waals surface area (Å²) in [7, 11) is -3.76. The van der Waals surface area contributed by atoms with Gasteiger partial charge in [0.1, 0.15) is 5.82 Å². The Balaban J connectivity index is 2.10. The predicted octanol–water partition coefficient (Wildman–Crippen LogP) is 1.81. The van der Waals surface area contributed by atoms with Crippen LogP contribution in [0.5, 0.6) is 0 Å². The van der Waals surface area contributed by atoms with Gasteiger partial charge < -0.3 is 5.73 Å².